The molecule has 0 aliphatic carbocycles. The second-order valence-corrected chi connectivity index (χ2v) is 7.05. The summed E-state index contributed by atoms with van der Waals surface area (Å²) in [6, 6.07) is 0. The lowest BCUT2D eigenvalue weighted by Crippen LogP contribution is -2.69. The van der Waals surface area contributed by atoms with E-state index in [0.29, 0.717) is 0 Å². The van der Waals surface area contributed by atoms with Gasteiger partial charge in [-0.1, -0.05) is 0 Å². The van der Waals surface area contributed by atoms with Crippen molar-refractivity contribution in [2.24, 2.45) is 5.73 Å². The predicted octanol–water partition coefficient (Wildman–Crippen LogP) is 0.996. The number of hydrogen-bond acceptors (Lipinski definition) is 5. The molecule has 4 N–H and O–H groups in total. The molecule has 16 heteroatoms. The maximum atomic E-state index is 13.7. The van der Waals surface area contributed by atoms with Gasteiger partial charge in [-0.25, -0.2) is 8.42 Å². The molecule has 0 spiro atoms. The molecule has 1 fully saturated rings. The SMILES string of the molecule is NCCC1(NS(=O)(=O)C(F)(F)C(F)(F)C(F)(F)C(F)(F)F)CNCCO1. The Kier molecular flexibility index (Phi) is 6.21. The Bertz CT molecular complexity index is 597. The van der Waals surface area contributed by atoms with Crippen LogP contribution in [0.15, 0.2) is 0 Å². The first kappa shape index (κ1) is 23.2. The standard InChI is InChI=1S/C10H14F9N3O3S/c11-7(12,9(15,16)17)8(13,14)10(18,19)26(23,24)22-6(1-2-20)5-21-3-4-25-6/h21-22H,1-5,20H2. The molecule has 26 heavy (non-hydrogen) atoms. The zero-order valence-electron chi connectivity index (χ0n) is 12.6. The Morgan fingerprint density at radius 2 is 1.58 bits per heavy atom. The van der Waals surface area contributed by atoms with Crippen LogP contribution in [0, 0.1) is 0 Å². The summed E-state index contributed by atoms with van der Waals surface area (Å²) in [5, 5.41) is -4.37. The fourth-order valence-corrected chi connectivity index (χ4v) is 3.33. The van der Waals surface area contributed by atoms with Crippen molar-refractivity contribution in [3.63, 3.8) is 0 Å². The Labute approximate surface area is 141 Å². The Morgan fingerprint density at radius 1 is 1.04 bits per heavy atom. The van der Waals surface area contributed by atoms with Gasteiger partial charge in [-0.3, -0.25) is 0 Å². The Hall–Kier alpha value is -0.840. The van der Waals surface area contributed by atoms with E-state index >= 15 is 0 Å². The molecule has 0 aromatic carbocycles. The third-order valence-corrected chi connectivity index (χ3v) is 4.96. The first-order valence-electron chi connectivity index (χ1n) is 6.76. The van der Waals surface area contributed by atoms with Gasteiger partial charge in [-0.15, -0.1) is 0 Å². The normalized spacial score (nSPS) is 23.9. The smallest absolute Gasteiger partial charge is 0.357 e. The topological polar surface area (TPSA) is 93.5 Å². The first-order valence-corrected chi connectivity index (χ1v) is 8.24. The van der Waals surface area contributed by atoms with E-state index < -0.39 is 58.5 Å². The van der Waals surface area contributed by atoms with E-state index in [0.717, 1.165) is 4.72 Å². The van der Waals surface area contributed by atoms with Crippen LogP contribution < -0.4 is 15.8 Å². The zero-order valence-corrected chi connectivity index (χ0v) is 13.5. The molecule has 1 aliphatic rings. The van der Waals surface area contributed by atoms with Crippen LogP contribution in [0.4, 0.5) is 39.5 Å². The molecule has 0 aromatic rings. The number of hydrogen-bond donors (Lipinski definition) is 3. The van der Waals surface area contributed by atoms with Crippen LogP contribution in [0.1, 0.15) is 6.42 Å². The summed E-state index contributed by atoms with van der Waals surface area (Å²) in [5.41, 5.74) is 2.82. The van der Waals surface area contributed by atoms with E-state index in [2.05, 4.69) is 5.32 Å². The van der Waals surface area contributed by atoms with Gasteiger partial charge in [0.25, 0.3) is 10.0 Å². The van der Waals surface area contributed by atoms with Gasteiger partial charge in [0.1, 0.15) is 5.72 Å². The summed E-state index contributed by atoms with van der Waals surface area (Å²) in [4.78, 5) is 0. The van der Waals surface area contributed by atoms with Crippen molar-refractivity contribution in [3.8, 4) is 0 Å². The second-order valence-electron chi connectivity index (χ2n) is 5.33. The number of rotatable bonds is 7. The minimum absolute atomic E-state index is 0.104. The molecule has 0 saturated carbocycles. The van der Waals surface area contributed by atoms with Crippen molar-refractivity contribution in [3.05, 3.63) is 0 Å². The van der Waals surface area contributed by atoms with Crippen LogP contribution in [0.5, 0.6) is 0 Å². The molecule has 1 atom stereocenters. The van der Waals surface area contributed by atoms with E-state index in [-0.39, 0.29) is 13.2 Å². The molecule has 0 bridgehead atoms. The molecule has 156 valence electrons. The molecular weight excluding hydrogens is 413 g/mol. The minimum atomic E-state index is -7.33. The highest BCUT2D eigenvalue weighted by molar-refractivity contribution is 7.90. The van der Waals surface area contributed by atoms with Crippen molar-refractivity contribution < 1.29 is 52.7 Å². The highest BCUT2D eigenvalue weighted by Gasteiger charge is 2.85. The van der Waals surface area contributed by atoms with Crippen LogP contribution in [-0.2, 0) is 14.8 Å². The average Bonchev–Trinajstić information content (AvgIpc) is 2.45. The largest absolute Gasteiger partial charge is 0.460 e. The fourth-order valence-electron chi connectivity index (χ4n) is 2.01. The first-order chi connectivity index (χ1) is 11.5. The van der Waals surface area contributed by atoms with Gasteiger partial charge in [0.05, 0.1) is 6.61 Å². The van der Waals surface area contributed by atoms with E-state index in [4.69, 9.17) is 10.5 Å². The van der Waals surface area contributed by atoms with Gasteiger partial charge >= 0.3 is 23.3 Å². The van der Waals surface area contributed by atoms with E-state index in [1.54, 1.807) is 0 Å². The minimum Gasteiger partial charge on any atom is -0.357 e. The molecule has 1 unspecified atom stereocenters. The number of alkyl halides is 9. The number of nitrogens with one attached hydrogen (secondary N) is 2. The molecule has 1 rings (SSSR count). The molecule has 0 amide bonds. The van der Waals surface area contributed by atoms with E-state index in [1.807, 2.05) is 0 Å². The predicted molar refractivity (Wildman–Crippen MR) is 68.2 cm³/mol. The van der Waals surface area contributed by atoms with Gasteiger partial charge in [-0.2, -0.15) is 44.2 Å². The molecule has 6 nitrogen and oxygen atoms in total. The molecule has 0 aromatic heterocycles. The van der Waals surface area contributed by atoms with Gasteiger partial charge < -0.3 is 15.8 Å². The Balaban J connectivity index is 3.31. The molecule has 1 aliphatic heterocycles. The second kappa shape index (κ2) is 6.96. The highest BCUT2D eigenvalue weighted by atomic mass is 32.2. The van der Waals surface area contributed by atoms with Gasteiger partial charge in [0.2, 0.25) is 0 Å². The van der Waals surface area contributed by atoms with Gasteiger partial charge in [0, 0.05) is 19.5 Å². The highest BCUT2D eigenvalue weighted by Crippen LogP contribution is 2.54. The molecular formula is C10H14F9N3O3S. The average molecular weight is 427 g/mol. The van der Waals surface area contributed by atoms with Crippen LogP contribution in [0.3, 0.4) is 0 Å². The summed E-state index contributed by atoms with van der Waals surface area (Å²) < 4.78 is 145. The zero-order chi connectivity index (χ0) is 20.7. The molecule has 0 radical (unpaired) electrons. The maximum Gasteiger partial charge on any atom is 0.460 e. The fraction of sp³-hybridized carbons (Fsp3) is 1.00. The summed E-state index contributed by atoms with van der Waals surface area (Å²) in [5.74, 6) is -14.6. The lowest BCUT2D eigenvalue weighted by molar-refractivity contribution is -0.382. The molecule has 1 saturated heterocycles. The number of nitrogens with two attached hydrogens (primary N) is 1. The monoisotopic (exact) mass is 427 g/mol. The van der Waals surface area contributed by atoms with Crippen LogP contribution >= 0.6 is 0 Å². The third kappa shape index (κ3) is 3.74. The van der Waals surface area contributed by atoms with Crippen LogP contribution in [0.2, 0.25) is 0 Å². The number of halogens is 9. The third-order valence-electron chi connectivity index (χ3n) is 3.39. The van der Waals surface area contributed by atoms with Crippen molar-refractivity contribution in [1.29, 1.82) is 0 Å². The summed E-state index contributed by atoms with van der Waals surface area (Å²) in [6.07, 6.45) is -7.69. The van der Waals surface area contributed by atoms with Crippen molar-refractivity contribution in [2.75, 3.05) is 26.2 Å². The van der Waals surface area contributed by atoms with Crippen molar-refractivity contribution >= 4 is 10.0 Å². The van der Waals surface area contributed by atoms with E-state index in [1.165, 1.54) is 0 Å². The summed E-state index contributed by atoms with van der Waals surface area (Å²) in [6.45, 7) is -1.18. The number of ether oxygens (including phenoxy) is 1. The number of sulfonamides is 1. The van der Waals surface area contributed by atoms with Crippen molar-refractivity contribution in [1.82, 2.24) is 10.0 Å². The molecule has 1 heterocycles. The van der Waals surface area contributed by atoms with Gasteiger partial charge in [-0.05, 0) is 6.54 Å². The Morgan fingerprint density at radius 3 is 1.96 bits per heavy atom. The lowest BCUT2D eigenvalue weighted by Gasteiger charge is -2.40. The summed E-state index contributed by atoms with van der Waals surface area (Å²) in [7, 11) is -6.78. The quantitative estimate of drug-likeness (QED) is 0.528. The van der Waals surface area contributed by atoms with Crippen LogP contribution in [-0.4, -0.2) is 63.7 Å². The maximum absolute atomic E-state index is 13.7. The van der Waals surface area contributed by atoms with Crippen LogP contribution in [0.25, 0.3) is 0 Å². The van der Waals surface area contributed by atoms with E-state index in [9.17, 15) is 47.9 Å². The van der Waals surface area contributed by atoms with Gasteiger partial charge in [0.15, 0.2) is 0 Å². The van der Waals surface area contributed by atoms with Crippen molar-refractivity contribution in [2.45, 2.75) is 35.4 Å². The summed E-state index contributed by atoms with van der Waals surface area (Å²) >= 11 is 0. The number of morpholine rings is 1. The lowest BCUT2D eigenvalue weighted by atomic mass is 10.1.